The first-order valence-corrected chi connectivity index (χ1v) is 8.59. The van der Waals surface area contributed by atoms with Crippen LogP contribution in [0.4, 0.5) is 19.0 Å². The van der Waals surface area contributed by atoms with E-state index in [1.165, 1.54) is 12.1 Å². The Bertz CT molecular complexity index is 791. The van der Waals surface area contributed by atoms with Gasteiger partial charge < -0.3 is 10.2 Å². The van der Waals surface area contributed by atoms with E-state index in [1.54, 1.807) is 24.4 Å². The van der Waals surface area contributed by atoms with Gasteiger partial charge in [0, 0.05) is 37.6 Å². The lowest BCUT2D eigenvalue weighted by Crippen LogP contribution is -2.47. The maximum absolute atomic E-state index is 12.7. The summed E-state index contributed by atoms with van der Waals surface area (Å²) < 4.78 is 38.0. The van der Waals surface area contributed by atoms with Gasteiger partial charge in [-0.3, -0.25) is 9.78 Å². The molecule has 0 aromatic carbocycles. The van der Waals surface area contributed by atoms with Crippen molar-refractivity contribution in [2.75, 3.05) is 18.0 Å². The summed E-state index contributed by atoms with van der Waals surface area (Å²) >= 11 is 0. The number of nitrogens with zero attached hydrogens (tertiary/aromatic N) is 3. The molecule has 0 aliphatic carbocycles. The van der Waals surface area contributed by atoms with Gasteiger partial charge in [-0.25, -0.2) is 4.98 Å². The molecule has 1 aliphatic heterocycles. The molecule has 3 rings (SSSR count). The summed E-state index contributed by atoms with van der Waals surface area (Å²) in [6.07, 6.45) is 2.77. The first kappa shape index (κ1) is 18.9. The van der Waals surface area contributed by atoms with E-state index in [-0.39, 0.29) is 11.9 Å². The highest BCUT2D eigenvalue weighted by atomic mass is 19.4. The van der Waals surface area contributed by atoms with E-state index in [4.69, 9.17) is 0 Å². The number of anilines is 1. The van der Waals surface area contributed by atoms with Crippen molar-refractivity contribution in [3.05, 3.63) is 60.1 Å². The number of carbonyl (C=O) groups excluding carboxylic acids is 1. The number of aromatic nitrogens is 2. The fourth-order valence-corrected chi connectivity index (χ4v) is 2.93. The van der Waals surface area contributed by atoms with Gasteiger partial charge >= 0.3 is 6.18 Å². The van der Waals surface area contributed by atoms with Crippen molar-refractivity contribution in [2.45, 2.75) is 25.1 Å². The third-order valence-corrected chi connectivity index (χ3v) is 4.26. The smallest absolute Gasteiger partial charge is 0.355 e. The number of pyridine rings is 2. The number of alkyl halides is 3. The Morgan fingerprint density at radius 1 is 1.22 bits per heavy atom. The monoisotopic (exact) mass is 376 g/mol. The molecule has 27 heavy (non-hydrogen) atoms. The van der Waals surface area contributed by atoms with E-state index in [2.05, 4.69) is 15.3 Å². The first-order chi connectivity index (χ1) is 12.9. The van der Waals surface area contributed by atoms with Crippen LogP contribution in [0.25, 0.3) is 6.08 Å². The molecule has 1 fully saturated rings. The maximum Gasteiger partial charge on any atom is 0.417 e. The molecule has 0 radical (unpaired) electrons. The summed E-state index contributed by atoms with van der Waals surface area (Å²) in [7, 11) is 0. The number of rotatable bonds is 4. The van der Waals surface area contributed by atoms with Crippen molar-refractivity contribution in [3.8, 4) is 0 Å². The lowest BCUT2D eigenvalue weighted by molar-refractivity contribution is -0.137. The Kier molecular flexibility index (Phi) is 5.73. The van der Waals surface area contributed by atoms with E-state index < -0.39 is 11.7 Å². The highest BCUT2D eigenvalue weighted by molar-refractivity contribution is 5.91. The first-order valence-electron chi connectivity index (χ1n) is 8.59. The molecule has 1 atom stereocenters. The molecule has 5 nitrogen and oxygen atoms in total. The minimum atomic E-state index is -4.40. The Morgan fingerprint density at radius 2 is 2.07 bits per heavy atom. The van der Waals surface area contributed by atoms with Gasteiger partial charge in [-0.1, -0.05) is 6.07 Å². The molecule has 1 amide bonds. The van der Waals surface area contributed by atoms with Crippen molar-refractivity contribution in [1.82, 2.24) is 15.3 Å². The highest BCUT2D eigenvalue weighted by Gasteiger charge is 2.31. The Balaban J connectivity index is 1.57. The van der Waals surface area contributed by atoms with Gasteiger partial charge in [0.2, 0.25) is 5.91 Å². The van der Waals surface area contributed by atoms with Crippen molar-refractivity contribution < 1.29 is 18.0 Å². The standard InChI is InChI=1S/C19H19F3N4O/c20-19(21,22)14-6-8-17(24-12-14)26-11-3-5-16(13-26)25-18(27)9-7-15-4-1-2-10-23-15/h1-2,4,6-10,12,16H,3,5,11,13H2,(H,25,27)/b9-7+/t16-/m1/s1. The predicted octanol–water partition coefficient (Wildman–Crippen LogP) is 3.29. The Hall–Kier alpha value is -2.90. The maximum atomic E-state index is 12.7. The van der Waals surface area contributed by atoms with E-state index in [0.717, 1.165) is 25.1 Å². The molecule has 0 unspecified atom stereocenters. The van der Waals surface area contributed by atoms with Crippen LogP contribution in [0.2, 0.25) is 0 Å². The zero-order valence-corrected chi connectivity index (χ0v) is 14.5. The minimum Gasteiger partial charge on any atom is -0.355 e. The number of piperidine rings is 1. The van der Waals surface area contributed by atoms with Crippen LogP contribution in [-0.4, -0.2) is 35.0 Å². The van der Waals surface area contributed by atoms with E-state index >= 15 is 0 Å². The van der Waals surface area contributed by atoms with Crippen molar-refractivity contribution in [1.29, 1.82) is 0 Å². The van der Waals surface area contributed by atoms with Crippen molar-refractivity contribution in [2.24, 2.45) is 0 Å². The number of hydrogen-bond donors (Lipinski definition) is 1. The lowest BCUT2D eigenvalue weighted by atomic mass is 10.1. The fraction of sp³-hybridized carbons (Fsp3) is 0.316. The lowest BCUT2D eigenvalue weighted by Gasteiger charge is -2.33. The molecule has 142 valence electrons. The Morgan fingerprint density at radius 3 is 2.74 bits per heavy atom. The van der Waals surface area contributed by atoms with E-state index in [1.807, 2.05) is 11.0 Å². The number of hydrogen-bond acceptors (Lipinski definition) is 4. The van der Waals surface area contributed by atoms with Crippen LogP contribution in [0.15, 0.2) is 48.8 Å². The number of carbonyl (C=O) groups is 1. The number of amides is 1. The minimum absolute atomic E-state index is 0.0938. The zero-order chi connectivity index (χ0) is 19.3. The molecule has 0 saturated carbocycles. The van der Waals surface area contributed by atoms with E-state index in [0.29, 0.717) is 24.6 Å². The second-order valence-corrected chi connectivity index (χ2v) is 6.28. The van der Waals surface area contributed by atoms with Gasteiger partial charge in [0.15, 0.2) is 0 Å². The summed E-state index contributed by atoms with van der Waals surface area (Å²) in [4.78, 5) is 22.0. The van der Waals surface area contributed by atoms with Gasteiger partial charge in [-0.15, -0.1) is 0 Å². The van der Waals surface area contributed by atoms with Gasteiger partial charge in [0.05, 0.1) is 11.3 Å². The quantitative estimate of drug-likeness (QED) is 0.832. The fourth-order valence-electron chi connectivity index (χ4n) is 2.93. The molecule has 3 heterocycles. The van der Waals surface area contributed by atoms with Gasteiger partial charge in [-0.2, -0.15) is 13.2 Å². The van der Waals surface area contributed by atoms with Gasteiger partial charge in [0.1, 0.15) is 5.82 Å². The molecule has 1 N–H and O–H groups in total. The molecule has 2 aromatic rings. The van der Waals surface area contributed by atoms with Crippen LogP contribution in [-0.2, 0) is 11.0 Å². The molecule has 0 spiro atoms. The SMILES string of the molecule is O=C(/C=C/c1ccccn1)N[C@@H]1CCCN(c2ccc(C(F)(F)F)cn2)C1. The summed E-state index contributed by atoms with van der Waals surface area (Å²) in [6, 6.07) is 7.73. The van der Waals surface area contributed by atoms with Crippen LogP contribution >= 0.6 is 0 Å². The summed E-state index contributed by atoms with van der Waals surface area (Å²) in [5.74, 6) is 0.249. The molecule has 8 heteroatoms. The number of halogens is 3. The van der Waals surface area contributed by atoms with Crippen LogP contribution in [0.3, 0.4) is 0 Å². The number of nitrogens with one attached hydrogen (secondary N) is 1. The predicted molar refractivity (Wildman–Crippen MR) is 95.9 cm³/mol. The summed E-state index contributed by atoms with van der Waals surface area (Å²) in [6.45, 7) is 1.19. The van der Waals surface area contributed by atoms with Gasteiger partial charge in [0.25, 0.3) is 0 Å². The van der Waals surface area contributed by atoms with Crippen molar-refractivity contribution in [3.63, 3.8) is 0 Å². The molecular weight excluding hydrogens is 357 g/mol. The normalized spacial score (nSPS) is 17.9. The third-order valence-electron chi connectivity index (χ3n) is 4.26. The van der Waals surface area contributed by atoms with Crippen LogP contribution in [0, 0.1) is 0 Å². The van der Waals surface area contributed by atoms with Gasteiger partial charge in [-0.05, 0) is 43.2 Å². The van der Waals surface area contributed by atoms with Crippen LogP contribution in [0.5, 0.6) is 0 Å². The van der Waals surface area contributed by atoms with E-state index in [9.17, 15) is 18.0 Å². The third kappa shape index (κ3) is 5.29. The second-order valence-electron chi connectivity index (χ2n) is 6.28. The molecule has 2 aromatic heterocycles. The Labute approximate surface area is 154 Å². The summed E-state index contributed by atoms with van der Waals surface area (Å²) in [5.41, 5.74) is -0.0837. The highest BCUT2D eigenvalue weighted by Crippen LogP contribution is 2.29. The van der Waals surface area contributed by atoms with Crippen LogP contribution < -0.4 is 10.2 Å². The topological polar surface area (TPSA) is 58.1 Å². The van der Waals surface area contributed by atoms with Crippen molar-refractivity contribution >= 4 is 17.8 Å². The molecule has 0 bridgehead atoms. The summed E-state index contributed by atoms with van der Waals surface area (Å²) in [5, 5.41) is 2.92. The van der Waals surface area contributed by atoms with Crippen LogP contribution in [0.1, 0.15) is 24.1 Å². The molecule has 1 aliphatic rings. The average Bonchev–Trinajstić information content (AvgIpc) is 2.67. The molecule has 1 saturated heterocycles. The molecular formula is C19H19F3N4O. The average molecular weight is 376 g/mol. The largest absolute Gasteiger partial charge is 0.417 e. The second kappa shape index (κ2) is 8.20. The zero-order valence-electron chi connectivity index (χ0n) is 14.5.